The molecule has 0 heterocycles. The number of methoxy groups -OCH3 is 1. The van der Waals surface area contributed by atoms with E-state index in [1.807, 2.05) is 36.4 Å². The second-order valence-corrected chi connectivity index (χ2v) is 7.28. The van der Waals surface area contributed by atoms with Gasteiger partial charge in [-0.15, -0.1) is 11.8 Å². The first-order chi connectivity index (χ1) is 12.6. The van der Waals surface area contributed by atoms with Gasteiger partial charge in [0, 0.05) is 12.3 Å². The largest absolute Gasteiger partial charge is 0.497 e. The number of rotatable bonds is 10. The Kier molecular flexibility index (Phi) is 8.35. The Morgan fingerprint density at radius 2 is 1.73 bits per heavy atom. The van der Waals surface area contributed by atoms with Gasteiger partial charge < -0.3 is 14.8 Å². The van der Waals surface area contributed by atoms with Crippen LogP contribution in [0.15, 0.2) is 42.5 Å². The molecule has 4 nitrogen and oxygen atoms in total. The van der Waals surface area contributed by atoms with Crippen LogP contribution in [0.25, 0.3) is 0 Å². The SMILES string of the molecule is COc1ccc(CCNC(=O)CSCCOc2cc(C)cc(C)c2)cc1. The predicted molar refractivity (Wildman–Crippen MR) is 108 cm³/mol. The molecule has 0 saturated carbocycles. The molecule has 1 amide bonds. The molecule has 0 spiro atoms. The number of hydrogen-bond donors (Lipinski definition) is 1. The number of thioether (sulfide) groups is 1. The molecule has 0 bridgehead atoms. The Bertz CT molecular complexity index is 681. The smallest absolute Gasteiger partial charge is 0.230 e. The quantitative estimate of drug-likeness (QED) is 0.644. The summed E-state index contributed by atoms with van der Waals surface area (Å²) in [5, 5.41) is 2.95. The van der Waals surface area contributed by atoms with Crippen molar-refractivity contribution in [3.63, 3.8) is 0 Å². The fraction of sp³-hybridized carbons (Fsp3) is 0.381. The summed E-state index contributed by atoms with van der Waals surface area (Å²) < 4.78 is 10.9. The summed E-state index contributed by atoms with van der Waals surface area (Å²) in [6, 6.07) is 14.1. The van der Waals surface area contributed by atoms with Crippen molar-refractivity contribution < 1.29 is 14.3 Å². The monoisotopic (exact) mass is 373 g/mol. The molecule has 1 N–H and O–H groups in total. The van der Waals surface area contributed by atoms with E-state index in [1.165, 1.54) is 16.7 Å². The van der Waals surface area contributed by atoms with Gasteiger partial charge in [0.25, 0.3) is 0 Å². The first-order valence-electron chi connectivity index (χ1n) is 8.75. The van der Waals surface area contributed by atoms with Gasteiger partial charge in [0.2, 0.25) is 5.91 Å². The average Bonchev–Trinajstić information content (AvgIpc) is 2.61. The van der Waals surface area contributed by atoms with Crippen LogP contribution in [0.2, 0.25) is 0 Å². The van der Waals surface area contributed by atoms with Crippen LogP contribution in [-0.2, 0) is 11.2 Å². The van der Waals surface area contributed by atoms with Crippen LogP contribution in [0.5, 0.6) is 11.5 Å². The molecule has 0 saturated heterocycles. The third-order valence-electron chi connectivity index (χ3n) is 3.82. The zero-order chi connectivity index (χ0) is 18.8. The molecule has 0 aliphatic carbocycles. The molecule has 0 aliphatic rings. The summed E-state index contributed by atoms with van der Waals surface area (Å²) in [6.45, 7) is 5.37. The van der Waals surface area contributed by atoms with Gasteiger partial charge in [-0.3, -0.25) is 4.79 Å². The normalized spacial score (nSPS) is 10.4. The second kappa shape index (κ2) is 10.8. The van der Waals surface area contributed by atoms with Crippen LogP contribution < -0.4 is 14.8 Å². The molecule has 0 fully saturated rings. The number of ether oxygens (including phenoxy) is 2. The number of carbonyl (C=O) groups is 1. The number of carbonyl (C=O) groups excluding carboxylic acids is 1. The first-order valence-corrected chi connectivity index (χ1v) is 9.91. The minimum Gasteiger partial charge on any atom is -0.497 e. The summed E-state index contributed by atoms with van der Waals surface area (Å²) in [4.78, 5) is 11.9. The van der Waals surface area contributed by atoms with E-state index in [2.05, 4.69) is 25.2 Å². The molecule has 0 atom stereocenters. The van der Waals surface area contributed by atoms with Crippen molar-refractivity contribution in [1.82, 2.24) is 5.32 Å². The van der Waals surface area contributed by atoms with E-state index in [1.54, 1.807) is 18.9 Å². The fourth-order valence-corrected chi connectivity index (χ4v) is 3.22. The van der Waals surface area contributed by atoms with Gasteiger partial charge in [-0.2, -0.15) is 0 Å². The number of benzene rings is 2. The van der Waals surface area contributed by atoms with Crippen molar-refractivity contribution >= 4 is 17.7 Å². The van der Waals surface area contributed by atoms with Gasteiger partial charge in [-0.25, -0.2) is 0 Å². The highest BCUT2D eigenvalue weighted by Crippen LogP contribution is 2.16. The second-order valence-electron chi connectivity index (χ2n) is 6.17. The van der Waals surface area contributed by atoms with Gasteiger partial charge in [0.05, 0.1) is 19.5 Å². The van der Waals surface area contributed by atoms with E-state index in [4.69, 9.17) is 9.47 Å². The van der Waals surface area contributed by atoms with E-state index < -0.39 is 0 Å². The summed E-state index contributed by atoms with van der Waals surface area (Å²) in [5.74, 6) is 3.05. The highest BCUT2D eigenvalue weighted by atomic mass is 32.2. The Morgan fingerprint density at radius 3 is 2.38 bits per heavy atom. The van der Waals surface area contributed by atoms with E-state index in [9.17, 15) is 4.79 Å². The lowest BCUT2D eigenvalue weighted by atomic mass is 10.1. The highest BCUT2D eigenvalue weighted by molar-refractivity contribution is 7.99. The van der Waals surface area contributed by atoms with Crippen molar-refractivity contribution in [3.05, 3.63) is 59.2 Å². The maximum atomic E-state index is 11.9. The number of nitrogens with one attached hydrogen (secondary N) is 1. The van der Waals surface area contributed by atoms with Crippen LogP contribution in [0.1, 0.15) is 16.7 Å². The first kappa shape index (κ1) is 20.2. The van der Waals surface area contributed by atoms with Crippen LogP contribution in [0, 0.1) is 13.8 Å². The lowest BCUT2D eigenvalue weighted by Gasteiger charge is -2.08. The predicted octanol–water partition coefficient (Wildman–Crippen LogP) is 3.78. The summed E-state index contributed by atoms with van der Waals surface area (Å²) in [5.41, 5.74) is 3.58. The molecule has 2 aromatic carbocycles. The molecule has 0 aliphatic heterocycles. The molecule has 2 aromatic rings. The minimum atomic E-state index is 0.0647. The van der Waals surface area contributed by atoms with Crippen molar-refractivity contribution in [2.24, 2.45) is 0 Å². The van der Waals surface area contributed by atoms with Crippen LogP contribution in [0.3, 0.4) is 0 Å². The number of amides is 1. The highest BCUT2D eigenvalue weighted by Gasteiger charge is 2.02. The third kappa shape index (κ3) is 7.40. The van der Waals surface area contributed by atoms with Gasteiger partial charge in [-0.1, -0.05) is 18.2 Å². The van der Waals surface area contributed by atoms with E-state index in [0.717, 1.165) is 23.7 Å². The van der Waals surface area contributed by atoms with Crippen molar-refractivity contribution in [2.75, 3.05) is 31.8 Å². The molecule has 5 heteroatoms. The van der Waals surface area contributed by atoms with Crippen molar-refractivity contribution in [2.45, 2.75) is 20.3 Å². The van der Waals surface area contributed by atoms with Gasteiger partial charge in [0.15, 0.2) is 0 Å². The summed E-state index contributed by atoms with van der Waals surface area (Å²) in [7, 11) is 1.65. The van der Waals surface area contributed by atoms with Crippen LogP contribution in [-0.4, -0.2) is 37.7 Å². The van der Waals surface area contributed by atoms with E-state index in [-0.39, 0.29) is 5.91 Å². The summed E-state index contributed by atoms with van der Waals surface area (Å²) in [6.07, 6.45) is 0.816. The van der Waals surface area contributed by atoms with Crippen molar-refractivity contribution in [1.29, 1.82) is 0 Å². The molecule has 0 unspecified atom stereocenters. The van der Waals surface area contributed by atoms with Crippen LogP contribution in [0.4, 0.5) is 0 Å². The molecule has 26 heavy (non-hydrogen) atoms. The minimum absolute atomic E-state index is 0.0647. The maximum absolute atomic E-state index is 11.9. The zero-order valence-electron chi connectivity index (χ0n) is 15.7. The summed E-state index contributed by atoms with van der Waals surface area (Å²) >= 11 is 1.59. The Hall–Kier alpha value is -2.14. The van der Waals surface area contributed by atoms with Crippen molar-refractivity contribution in [3.8, 4) is 11.5 Å². The molecule has 140 valence electrons. The topological polar surface area (TPSA) is 47.6 Å². The molecule has 2 rings (SSSR count). The Labute approximate surface area is 160 Å². The fourth-order valence-electron chi connectivity index (χ4n) is 2.59. The molecule has 0 radical (unpaired) electrons. The van der Waals surface area contributed by atoms with Gasteiger partial charge in [-0.05, 0) is 61.2 Å². The van der Waals surface area contributed by atoms with Gasteiger partial charge in [0.1, 0.15) is 11.5 Å². The maximum Gasteiger partial charge on any atom is 0.230 e. The third-order valence-corrected chi connectivity index (χ3v) is 4.74. The standard InChI is InChI=1S/C21H27NO3S/c1-16-12-17(2)14-20(13-16)25-10-11-26-15-21(23)22-9-8-18-4-6-19(24-3)7-5-18/h4-7,12-14H,8-11,15H2,1-3H3,(H,22,23). The van der Waals surface area contributed by atoms with Crippen LogP contribution >= 0.6 is 11.8 Å². The Morgan fingerprint density at radius 1 is 1.04 bits per heavy atom. The van der Waals surface area contributed by atoms with E-state index >= 15 is 0 Å². The Balaban J connectivity index is 1.55. The zero-order valence-corrected chi connectivity index (χ0v) is 16.5. The molecular weight excluding hydrogens is 346 g/mol. The number of aryl methyl sites for hydroxylation is 2. The number of hydrogen-bond acceptors (Lipinski definition) is 4. The lowest BCUT2D eigenvalue weighted by molar-refractivity contribution is -0.118. The lowest BCUT2D eigenvalue weighted by Crippen LogP contribution is -2.27. The molecular formula is C21H27NO3S. The van der Waals surface area contributed by atoms with Gasteiger partial charge >= 0.3 is 0 Å². The molecule has 0 aromatic heterocycles. The van der Waals surface area contributed by atoms with E-state index in [0.29, 0.717) is 18.9 Å². The average molecular weight is 374 g/mol.